The fraction of sp³-hybridized carbons (Fsp3) is 0.308. The first-order valence-corrected chi connectivity index (χ1v) is 4.95. The number of hydrogen-bond donors (Lipinski definition) is 0. The zero-order chi connectivity index (χ0) is 9.10. The van der Waals surface area contributed by atoms with Gasteiger partial charge in [-0.1, -0.05) is 25.7 Å². The maximum absolute atomic E-state index is 4.06. The van der Waals surface area contributed by atoms with E-state index in [0.29, 0.717) is 0 Å². The van der Waals surface area contributed by atoms with Crippen LogP contribution in [-0.2, 0) is 32.7 Å². The fourth-order valence-corrected chi connectivity index (χ4v) is 1.96. The Morgan fingerprint density at radius 2 is 1.71 bits per heavy atom. The van der Waals surface area contributed by atoms with Crippen LogP contribution in [0.1, 0.15) is 36.8 Å². The molecule has 72 valence electrons. The maximum atomic E-state index is 4.06. The van der Waals surface area contributed by atoms with E-state index in [2.05, 4.69) is 37.6 Å². The first-order chi connectivity index (χ1) is 6.38. The van der Waals surface area contributed by atoms with Crippen molar-refractivity contribution in [3.05, 3.63) is 54.7 Å². The molecule has 1 fully saturated rings. The summed E-state index contributed by atoms with van der Waals surface area (Å²) in [5.74, 6) is 1.59. The van der Waals surface area contributed by atoms with Crippen molar-refractivity contribution < 1.29 is 32.7 Å². The molecule has 1 aromatic rings. The van der Waals surface area contributed by atoms with Gasteiger partial charge >= 0.3 is 0 Å². The standard InChI is InChI=1S/C13H15.Y/c1-11-7-5-6-10-13(11)12-8-3-2-4-9-12;/h2,5-7,10H,1,3-4,8-9H2;/q-2;. The molecule has 1 saturated carbocycles. The second kappa shape index (κ2) is 5.83. The Hall–Kier alpha value is 0.0639. The third-order valence-corrected chi connectivity index (χ3v) is 2.70. The molecule has 0 saturated heterocycles. The summed E-state index contributed by atoms with van der Waals surface area (Å²) in [4.78, 5) is 0. The van der Waals surface area contributed by atoms with Crippen LogP contribution in [-0.4, -0.2) is 0 Å². The Kier molecular flexibility index (Phi) is 5.05. The van der Waals surface area contributed by atoms with E-state index >= 15 is 0 Å². The Labute approximate surface area is 112 Å². The summed E-state index contributed by atoms with van der Waals surface area (Å²) in [7, 11) is 0. The molecule has 0 aliphatic heterocycles. The molecule has 0 heterocycles. The van der Waals surface area contributed by atoms with Gasteiger partial charge in [0.15, 0.2) is 0 Å². The molecule has 0 N–H and O–H groups in total. The average molecular weight is 260 g/mol. The van der Waals surface area contributed by atoms with Gasteiger partial charge in [-0.05, 0) is 6.42 Å². The molecule has 1 aromatic carbocycles. The summed E-state index contributed by atoms with van der Waals surface area (Å²) in [6, 6.07) is 8.46. The van der Waals surface area contributed by atoms with Gasteiger partial charge in [-0.2, -0.15) is 0 Å². The van der Waals surface area contributed by atoms with Crippen molar-refractivity contribution in [2.75, 3.05) is 0 Å². The number of benzene rings is 1. The van der Waals surface area contributed by atoms with Crippen molar-refractivity contribution in [2.45, 2.75) is 25.7 Å². The van der Waals surface area contributed by atoms with Crippen molar-refractivity contribution in [1.29, 1.82) is 0 Å². The van der Waals surface area contributed by atoms with Gasteiger partial charge in [0.2, 0.25) is 0 Å². The van der Waals surface area contributed by atoms with Crippen LogP contribution < -0.4 is 0 Å². The van der Waals surface area contributed by atoms with Gasteiger partial charge < -0.3 is 0 Å². The minimum Gasteiger partial charge on any atom is -0.299 e. The quantitative estimate of drug-likeness (QED) is 0.677. The van der Waals surface area contributed by atoms with E-state index in [4.69, 9.17) is 0 Å². The van der Waals surface area contributed by atoms with Crippen molar-refractivity contribution in [1.82, 2.24) is 0 Å². The van der Waals surface area contributed by atoms with E-state index in [-0.39, 0.29) is 32.7 Å². The molecule has 0 atom stereocenters. The average Bonchev–Trinajstić information content (AvgIpc) is 2.20. The molecule has 0 nitrogen and oxygen atoms in total. The molecule has 1 aliphatic rings. The molecule has 1 heteroatoms. The van der Waals surface area contributed by atoms with Crippen molar-refractivity contribution in [3.63, 3.8) is 0 Å². The summed E-state index contributed by atoms with van der Waals surface area (Å²) in [5, 5.41) is 0. The third-order valence-electron chi connectivity index (χ3n) is 2.70. The predicted octanol–water partition coefficient (Wildman–Crippen LogP) is 3.57. The summed E-state index contributed by atoms with van der Waals surface area (Å²) < 4.78 is 0. The van der Waals surface area contributed by atoms with E-state index < -0.39 is 0 Å². The van der Waals surface area contributed by atoms with E-state index in [9.17, 15) is 0 Å². The SMILES string of the molecule is [CH2-]c1ccccc1[C-]1CC[CH]CC1.[Y]. The first-order valence-electron chi connectivity index (χ1n) is 4.95. The number of hydrogen-bond acceptors (Lipinski definition) is 0. The second-order valence-electron chi connectivity index (χ2n) is 3.63. The summed E-state index contributed by atoms with van der Waals surface area (Å²) in [6.45, 7) is 4.06. The molecule has 14 heavy (non-hydrogen) atoms. The fourth-order valence-electron chi connectivity index (χ4n) is 1.96. The van der Waals surface area contributed by atoms with E-state index in [0.717, 1.165) is 0 Å². The van der Waals surface area contributed by atoms with Crippen LogP contribution in [0.5, 0.6) is 0 Å². The monoisotopic (exact) mass is 260 g/mol. The van der Waals surface area contributed by atoms with Gasteiger partial charge in [-0.15, -0.1) is 12.1 Å². The third kappa shape index (κ3) is 2.78. The van der Waals surface area contributed by atoms with Gasteiger partial charge in [0.05, 0.1) is 0 Å². The molecule has 0 unspecified atom stereocenters. The van der Waals surface area contributed by atoms with Gasteiger partial charge in [-0.3, -0.25) is 18.1 Å². The van der Waals surface area contributed by atoms with Crippen LogP contribution in [0.3, 0.4) is 0 Å². The van der Waals surface area contributed by atoms with Crippen molar-refractivity contribution in [2.24, 2.45) is 0 Å². The zero-order valence-corrected chi connectivity index (χ0v) is 11.3. The van der Waals surface area contributed by atoms with E-state index in [1.165, 1.54) is 36.8 Å². The Balaban J connectivity index is 0.000000980. The largest absolute Gasteiger partial charge is 0.299 e. The molecule has 0 bridgehead atoms. The summed E-state index contributed by atoms with van der Waals surface area (Å²) >= 11 is 0. The van der Waals surface area contributed by atoms with Gasteiger partial charge in [0, 0.05) is 32.7 Å². The van der Waals surface area contributed by atoms with Crippen LogP contribution in [0.4, 0.5) is 0 Å². The molecule has 2 rings (SSSR count). The van der Waals surface area contributed by atoms with Crippen molar-refractivity contribution in [3.8, 4) is 0 Å². The van der Waals surface area contributed by atoms with E-state index in [1.807, 2.05) is 0 Å². The first kappa shape index (κ1) is 12.1. The molecule has 0 aromatic heterocycles. The Morgan fingerprint density at radius 3 is 2.36 bits per heavy atom. The van der Waals surface area contributed by atoms with Crippen LogP contribution in [0.15, 0.2) is 24.3 Å². The topological polar surface area (TPSA) is 0 Å². The normalized spacial score (nSPS) is 16.1. The van der Waals surface area contributed by atoms with Gasteiger partial charge in [0.1, 0.15) is 0 Å². The molecule has 0 amide bonds. The van der Waals surface area contributed by atoms with Crippen LogP contribution >= 0.6 is 0 Å². The Bertz CT molecular complexity index is 274. The smallest absolute Gasteiger partial charge is 0 e. The van der Waals surface area contributed by atoms with Crippen LogP contribution in [0, 0.1) is 19.3 Å². The maximum Gasteiger partial charge on any atom is 0 e. The second-order valence-corrected chi connectivity index (χ2v) is 3.63. The zero-order valence-electron chi connectivity index (χ0n) is 8.50. The molecular formula is C13H15Y-2. The van der Waals surface area contributed by atoms with E-state index in [1.54, 1.807) is 5.92 Å². The molecule has 2 radical (unpaired) electrons. The summed E-state index contributed by atoms with van der Waals surface area (Å²) in [6.07, 6.45) is 7.32. The van der Waals surface area contributed by atoms with Crippen LogP contribution in [0.25, 0.3) is 0 Å². The Morgan fingerprint density at radius 1 is 1.07 bits per heavy atom. The van der Waals surface area contributed by atoms with Gasteiger partial charge in [-0.25, -0.2) is 18.1 Å². The summed E-state index contributed by atoms with van der Waals surface area (Å²) in [5.41, 5.74) is 2.56. The minimum absolute atomic E-state index is 0. The number of rotatable bonds is 1. The molecular weight excluding hydrogens is 245 g/mol. The van der Waals surface area contributed by atoms with Gasteiger partial charge in [0.25, 0.3) is 0 Å². The van der Waals surface area contributed by atoms with Crippen molar-refractivity contribution >= 4 is 0 Å². The molecule has 0 spiro atoms. The predicted molar refractivity (Wildman–Crippen MR) is 56.0 cm³/mol. The minimum atomic E-state index is 0. The molecule has 1 aliphatic carbocycles. The van der Waals surface area contributed by atoms with Crippen LogP contribution in [0.2, 0.25) is 0 Å².